The van der Waals surface area contributed by atoms with E-state index in [0.717, 1.165) is 44.1 Å². The Balaban J connectivity index is 1.47. The van der Waals surface area contributed by atoms with Crippen molar-refractivity contribution in [3.63, 3.8) is 0 Å². The number of Topliss-reactive ketones (excluding diaryl/α,β-unsaturated/α-hetero) is 1. The van der Waals surface area contributed by atoms with E-state index in [9.17, 15) is 14.4 Å². The zero-order valence-corrected chi connectivity index (χ0v) is 18.9. The van der Waals surface area contributed by atoms with Gasteiger partial charge in [-0.3, -0.25) is 24.6 Å². The molecule has 6 heteroatoms. The predicted molar refractivity (Wildman–Crippen MR) is 125 cm³/mol. The van der Waals surface area contributed by atoms with E-state index in [4.69, 9.17) is 11.6 Å². The number of ketones is 1. The molecule has 2 amide bonds. The number of nitrogens with zero attached hydrogens (tertiary/aromatic N) is 1. The Morgan fingerprint density at radius 3 is 2.31 bits per heavy atom. The minimum absolute atomic E-state index is 0.161. The van der Waals surface area contributed by atoms with E-state index in [1.165, 1.54) is 0 Å². The molecule has 32 heavy (non-hydrogen) atoms. The fourth-order valence-corrected chi connectivity index (χ4v) is 5.28. The molecule has 1 atom stereocenters. The lowest BCUT2D eigenvalue weighted by molar-refractivity contribution is -0.129. The lowest BCUT2D eigenvalue weighted by Crippen LogP contribution is -2.50. The summed E-state index contributed by atoms with van der Waals surface area (Å²) in [7, 11) is 0. The van der Waals surface area contributed by atoms with Gasteiger partial charge in [-0.15, -0.1) is 0 Å². The van der Waals surface area contributed by atoms with Crippen LogP contribution in [0.25, 0.3) is 0 Å². The van der Waals surface area contributed by atoms with Gasteiger partial charge < -0.3 is 0 Å². The van der Waals surface area contributed by atoms with Crippen LogP contribution in [0.3, 0.4) is 0 Å². The zero-order chi connectivity index (χ0) is 22.6. The van der Waals surface area contributed by atoms with Crippen LogP contribution in [0.1, 0.15) is 60.9 Å². The first kappa shape index (κ1) is 22.7. The van der Waals surface area contributed by atoms with E-state index in [1.54, 1.807) is 24.3 Å². The Labute approximate surface area is 194 Å². The molecule has 2 aromatic rings. The van der Waals surface area contributed by atoms with Crippen LogP contribution in [0.2, 0.25) is 5.02 Å². The summed E-state index contributed by atoms with van der Waals surface area (Å²) in [5.41, 5.74) is 0.947. The summed E-state index contributed by atoms with van der Waals surface area (Å²) in [6.07, 6.45) is 6.30. The Kier molecular flexibility index (Phi) is 7.07. The van der Waals surface area contributed by atoms with Gasteiger partial charge in [0.2, 0.25) is 5.91 Å². The topological polar surface area (TPSA) is 66.5 Å². The molecule has 0 aromatic heterocycles. The maximum absolute atomic E-state index is 13.7. The number of halogens is 1. The van der Waals surface area contributed by atoms with Crippen molar-refractivity contribution >= 4 is 29.2 Å². The van der Waals surface area contributed by atoms with Gasteiger partial charge in [0.25, 0.3) is 5.91 Å². The lowest BCUT2D eigenvalue weighted by Gasteiger charge is -2.38. The van der Waals surface area contributed by atoms with Crippen molar-refractivity contribution in [3.8, 4) is 0 Å². The molecule has 5 nitrogen and oxygen atoms in total. The first-order chi connectivity index (χ1) is 15.5. The van der Waals surface area contributed by atoms with Crippen LogP contribution >= 0.6 is 11.6 Å². The average Bonchev–Trinajstić information content (AvgIpc) is 3.28. The summed E-state index contributed by atoms with van der Waals surface area (Å²) in [5, 5.41) is 3.18. The second-order valence-electron chi connectivity index (χ2n) is 8.89. The highest BCUT2D eigenvalue weighted by Gasteiger charge is 2.43. The summed E-state index contributed by atoms with van der Waals surface area (Å²) >= 11 is 6.09. The van der Waals surface area contributed by atoms with Gasteiger partial charge in [-0.25, -0.2) is 0 Å². The predicted octanol–water partition coefficient (Wildman–Crippen LogP) is 4.53. The highest BCUT2D eigenvalue weighted by atomic mass is 35.5. The van der Waals surface area contributed by atoms with Crippen LogP contribution < -0.4 is 5.32 Å². The fourth-order valence-electron chi connectivity index (χ4n) is 5.16. The van der Waals surface area contributed by atoms with E-state index in [-0.39, 0.29) is 18.2 Å². The number of hydrogen-bond donors (Lipinski definition) is 1. The van der Waals surface area contributed by atoms with E-state index in [1.807, 2.05) is 35.2 Å². The molecule has 0 unspecified atom stereocenters. The number of likely N-dealkylation sites (tertiary alicyclic amines) is 1. The quantitative estimate of drug-likeness (QED) is 0.654. The lowest BCUT2D eigenvalue weighted by atomic mass is 9.66. The molecule has 2 aromatic carbocycles. The molecule has 4 rings (SSSR count). The van der Waals surface area contributed by atoms with Crippen molar-refractivity contribution in [2.45, 2.75) is 56.4 Å². The van der Waals surface area contributed by atoms with E-state index < -0.39 is 17.4 Å². The number of amides is 2. The number of benzene rings is 2. The molecule has 1 N–H and O–H groups in total. The molecule has 1 saturated heterocycles. The second kappa shape index (κ2) is 9.97. The number of carbonyl (C=O) groups is 3. The Morgan fingerprint density at radius 2 is 1.62 bits per heavy atom. The molecule has 2 fully saturated rings. The van der Waals surface area contributed by atoms with E-state index in [2.05, 4.69) is 5.32 Å². The molecule has 0 spiro atoms. The van der Waals surface area contributed by atoms with Crippen molar-refractivity contribution < 1.29 is 14.4 Å². The molecule has 0 radical (unpaired) electrons. The summed E-state index contributed by atoms with van der Waals surface area (Å²) < 4.78 is 0. The zero-order valence-electron chi connectivity index (χ0n) is 18.2. The molecule has 1 aliphatic heterocycles. The van der Waals surface area contributed by atoms with Crippen molar-refractivity contribution in [3.05, 3.63) is 70.7 Å². The molecule has 1 aliphatic carbocycles. The normalized spacial score (nSPS) is 20.6. The minimum atomic E-state index is -0.522. The first-order valence-electron chi connectivity index (χ1n) is 11.4. The maximum atomic E-state index is 13.7. The summed E-state index contributed by atoms with van der Waals surface area (Å²) in [4.78, 5) is 41.0. The monoisotopic (exact) mass is 452 g/mol. The Morgan fingerprint density at radius 1 is 0.938 bits per heavy atom. The fraction of sp³-hybridized carbons (Fsp3) is 0.423. The third-order valence-corrected chi connectivity index (χ3v) is 7.18. The van der Waals surface area contributed by atoms with Gasteiger partial charge in [-0.1, -0.05) is 61.2 Å². The largest absolute Gasteiger partial charge is 0.297 e. The number of hydrogen-bond acceptors (Lipinski definition) is 4. The SMILES string of the molecule is O=C(NC(=O)[C@H]1CCCN1CC(=O)C1(c2ccc(Cl)cc2)CCCCC1)c1ccccc1. The maximum Gasteiger partial charge on any atom is 0.257 e. The van der Waals surface area contributed by atoms with Gasteiger partial charge in [-0.2, -0.15) is 0 Å². The van der Waals surface area contributed by atoms with Crippen molar-refractivity contribution in [2.75, 3.05) is 13.1 Å². The third-order valence-electron chi connectivity index (χ3n) is 6.92. The van der Waals surface area contributed by atoms with Gasteiger partial charge in [0.05, 0.1) is 18.0 Å². The standard InChI is InChI=1S/C26H29ClN2O3/c27-21-13-11-20(12-14-21)26(15-5-2-6-16-26)23(30)18-29-17-7-10-22(29)25(32)28-24(31)19-8-3-1-4-9-19/h1,3-4,8-9,11-14,22H,2,5-7,10,15-18H2,(H,28,31,32)/t22-/m1/s1. The summed E-state index contributed by atoms with van der Waals surface area (Å²) in [6, 6.07) is 15.9. The summed E-state index contributed by atoms with van der Waals surface area (Å²) in [5.74, 6) is -0.569. The van der Waals surface area contributed by atoms with Crippen LogP contribution in [0.15, 0.2) is 54.6 Å². The van der Waals surface area contributed by atoms with Crippen LogP contribution in [0.4, 0.5) is 0 Å². The highest BCUT2D eigenvalue weighted by Crippen LogP contribution is 2.41. The van der Waals surface area contributed by atoms with Gasteiger partial charge in [0.15, 0.2) is 5.78 Å². The number of rotatable bonds is 6. The van der Waals surface area contributed by atoms with Gasteiger partial charge in [0, 0.05) is 10.6 Å². The van der Waals surface area contributed by atoms with Gasteiger partial charge >= 0.3 is 0 Å². The number of carbonyl (C=O) groups excluding carboxylic acids is 3. The minimum Gasteiger partial charge on any atom is -0.297 e. The molecule has 1 saturated carbocycles. The average molecular weight is 453 g/mol. The van der Waals surface area contributed by atoms with E-state index >= 15 is 0 Å². The van der Waals surface area contributed by atoms with Crippen LogP contribution in [0, 0.1) is 0 Å². The molecular formula is C26H29ClN2O3. The molecule has 168 valence electrons. The second-order valence-corrected chi connectivity index (χ2v) is 9.32. The number of imide groups is 1. The van der Waals surface area contributed by atoms with Gasteiger partial charge in [0.1, 0.15) is 0 Å². The van der Waals surface area contributed by atoms with Crippen LogP contribution in [-0.4, -0.2) is 41.6 Å². The number of nitrogens with one attached hydrogen (secondary N) is 1. The van der Waals surface area contributed by atoms with Crippen molar-refractivity contribution in [2.24, 2.45) is 0 Å². The molecule has 0 bridgehead atoms. The third kappa shape index (κ3) is 4.79. The van der Waals surface area contributed by atoms with Crippen molar-refractivity contribution in [1.82, 2.24) is 10.2 Å². The smallest absolute Gasteiger partial charge is 0.257 e. The highest BCUT2D eigenvalue weighted by molar-refractivity contribution is 6.30. The summed E-state index contributed by atoms with van der Waals surface area (Å²) in [6.45, 7) is 0.903. The van der Waals surface area contributed by atoms with Crippen LogP contribution in [0.5, 0.6) is 0 Å². The Hall–Kier alpha value is -2.50. The van der Waals surface area contributed by atoms with Crippen LogP contribution in [-0.2, 0) is 15.0 Å². The van der Waals surface area contributed by atoms with E-state index in [0.29, 0.717) is 23.6 Å². The first-order valence-corrected chi connectivity index (χ1v) is 11.8. The van der Waals surface area contributed by atoms with Crippen molar-refractivity contribution in [1.29, 1.82) is 0 Å². The molecule has 2 aliphatic rings. The molecule has 1 heterocycles. The molecular weight excluding hydrogens is 424 g/mol. The van der Waals surface area contributed by atoms with Gasteiger partial charge in [-0.05, 0) is 62.1 Å². The Bertz CT molecular complexity index is 968.